The van der Waals surface area contributed by atoms with Gasteiger partial charge in [-0.05, 0) is 46.7 Å². The zero-order chi connectivity index (χ0) is 14.5. The van der Waals surface area contributed by atoms with E-state index >= 15 is 0 Å². The van der Waals surface area contributed by atoms with E-state index in [-0.39, 0.29) is 0 Å². The van der Waals surface area contributed by atoms with Crippen LogP contribution in [0.25, 0.3) is 11.0 Å². The van der Waals surface area contributed by atoms with Crippen LogP contribution in [0.4, 0.5) is 0 Å². The highest BCUT2D eigenvalue weighted by Gasteiger charge is 2.14. The predicted molar refractivity (Wildman–Crippen MR) is 83.6 cm³/mol. The van der Waals surface area contributed by atoms with Crippen LogP contribution in [0.3, 0.4) is 0 Å². The van der Waals surface area contributed by atoms with Crippen molar-refractivity contribution >= 4 is 11.0 Å². The Morgan fingerprint density at radius 3 is 2.55 bits per heavy atom. The topological polar surface area (TPSA) is 45.6 Å². The predicted octanol–water partition coefficient (Wildman–Crippen LogP) is 2.27. The van der Waals surface area contributed by atoms with Gasteiger partial charge in [-0.2, -0.15) is 0 Å². The van der Waals surface area contributed by atoms with Crippen LogP contribution in [0.1, 0.15) is 17.7 Å². The second-order valence-electron chi connectivity index (χ2n) is 5.60. The van der Waals surface area contributed by atoms with Gasteiger partial charge in [0.2, 0.25) is 0 Å². The number of nitrogens with two attached hydrogens (primary N) is 1. The van der Waals surface area contributed by atoms with Gasteiger partial charge in [0.25, 0.3) is 0 Å². The van der Waals surface area contributed by atoms with E-state index in [1.807, 2.05) is 18.2 Å². The highest BCUT2D eigenvalue weighted by atomic mass is 16.3. The van der Waals surface area contributed by atoms with Gasteiger partial charge in [0.1, 0.15) is 11.3 Å². The summed E-state index contributed by atoms with van der Waals surface area (Å²) in [7, 11) is 6.37. The Labute approximate surface area is 121 Å². The molecule has 4 nitrogen and oxygen atoms in total. The third-order valence-electron chi connectivity index (χ3n) is 3.54. The first kappa shape index (κ1) is 15.0. The van der Waals surface area contributed by atoms with Gasteiger partial charge >= 0.3 is 0 Å². The van der Waals surface area contributed by atoms with Crippen LogP contribution in [0.5, 0.6) is 0 Å². The number of benzene rings is 1. The standard InChI is InChI=1S/C16H25N3O/c1-18(2)9-6-10-19(3)12-14-13-7-4-5-8-15(13)20-16(14)11-17/h4-5,7-8H,6,9-12,17H2,1-3H3. The maximum Gasteiger partial charge on any atom is 0.134 e. The first-order valence-electron chi connectivity index (χ1n) is 7.14. The fourth-order valence-corrected chi connectivity index (χ4v) is 2.49. The number of furan rings is 1. The Kier molecular flexibility index (Phi) is 5.17. The molecule has 2 aromatic rings. The Morgan fingerprint density at radius 1 is 1.10 bits per heavy atom. The molecule has 0 unspecified atom stereocenters. The third-order valence-corrected chi connectivity index (χ3v) is 3.54. The molecule has 0 radical (unpaired) electrons. The van der Waals surface area contributed by atoms with E-state index in [0.29, 0.717) is 6.54 Å². The van der Waals surface area contributed by atoms with Gasteiger partial charge in [0.15, 0.2) is 0 Å². The summed E-state index contributed by atoms with van der Waals surface area (Å²) in [5, 5.41) is 1.19. The SMILES string of the molecule is CN(C)CCCN(C)Cc1c(CN)oc2ccccc12. The van der Waals surface area contributed by atoms with E-state index in [1.54, 1.807) is 0 Å². The fraction of sp³-hybridized carbons (Fsp3) is 0.500. The van der Waals surface area contributed by atoms with Crippen LogP contribution in [0, 0.1) is 0 Å². The molecule has 1 aromatic heterocycles. The molecule has 4 heteroatoms. The molecule has 0 saturated heterocycles. The van der Waals surface area contributed by atoms with Gasteiger partial charge in [-0.3, -0.25) is 0 Å². The molecule has 0 aliphatic rings. The molecule has 0 aliphatic carbocycles. The van der Waals surface area contributed by atoms with Gasteiger partial charge in [-0.25, -0.2) is 0 Å². The molecule has 0 spiro atoms. The number of hydrogen-bond acceptors (Lipinski definition) is 4. The second-order valence-corrected chi connectivity index (χ2v) is 5.60. The number of nitrogens with zero attached hydrogens (tertiary/aromatic N) is 2. The van der Waals surface area contributed by atoms with Crippen molar-refractivity contribution in [1.82, 2.24) is 9.80 Å². The van der Waals surface area contributed by atoms with E-state index in [4.69, 9.17) is 10.2 Å². The van der Waals surface area contributed by atoms with Gasteiger partial charge < -0.3 is 20.0 Å². The lowest BCUT2D eigenvalue weighted by molar-refractivity contribution is 0.293. The summed E-state index contributed by atoms with van der Waals surface area (Å²) in [6, 6.07) is 8.16. The maximum atomic E-state index is 5.83. The molecule has 2 rings (SSSR count). The van der Waals surface area contributed by atoms with Gasteiger partial charge in [0, 0.05) is 17.5 Å². The summed E-state index contributed by atoms with van der Waals surface area (Å²) in [6.45, 7) is 3.52. The lowest BCUT2D eigenvalue weighted by Crippen LogP contribution is -2.23. The lowest BCUT2D eigenvalue weighted by Gasteiger charge is -2.18. The quantitative estimate of drug-likeness (QED) is 0.842. The first-order valence-corrected chi connectivity index (χ1v) is 7.14. The van der Waals surface area contributed by atoms with Crippen molar-refractivity contribution in [2.45, 2.75) is 19.5 Å². The van der Waals surface area contributed by atoms with Crippen LogP contribution >= 0.6 is 0 Å². The zero-order valence-electron chi connectivity index (χ0n) is 12.7. The molecule has 110 valence electrons. The average Bonchev–Trinajstić information content (AvgIpc) is 2.76. The summed E-state index contributed by atoms with van der Waals surface area (Å²) < 4.78 is 5.83. The minimum Gasteiger partial charge on any atom is -0.459 e. The van der Waals surface area contributed by atoms with E-state index in [0.717, 1.165) is 37.4 Å². The smallest absolute Gasteiger partial charge is 0.134 e. The summed E-state index contributed by atoms with van der Waals surface area (Å²) in [4.78, 5) is 4.55. The van der Waals surface area contributed by atoms with Crippen molar-refractivity contribution in [2.24, 2.45) is 5.73 Å². The van der Waals surface area contributed by atoms with Crippen molar-refractivity contribution < 1.29 is 4.42 Å². The summed E-state index contributed by atoms with van der Waals surface area (Å²) >= 11 is 0. The van der Waals surface area contributed by atoms with E-state index < -0.39 is 0 Å². The van der Waals surface area contributed by atoms with Gasteiger partial charge in [-0.1, -0.05) is 18.2 Å². The van der Waals surface area contributed by atoms with Crippen LogP contribution < -0.4 is 5.73 Å². The normalized spacial score (nSPS) is 11.9. The number of fused-ring (bicyclic) bond motifs is 1. The molecule has 1 aromatic carbocycles. The Bertz CT molecular complexity index is 548. The zero-order valence-corrected chi connectivity index (χ0v) is 12.7. The van der Waals surface area contributed by atoms with Gasteiger partial charge in [0.05, 0.1) is 6.54 Å². The molecular weight excluding hydrogens is 250 g/mol. The maximum absolute atomic E-state index is 5.83. The van der Waals surface area contributed by atoms with Crippen molar-refractivity contribution in [3.05, 3.63) is 35.6 Å². The average molecular weight is 275 g/mol. The Hall–Kier alpha value is -1.36. The van der Waals surface area contributed by atoms with Crippen molar-refractivity contribution in [3.63, 3.8) is 0 Å². The van der Waals surface area contributed by atoms with Crippen LogP contribution in [-0.2, 0) is 13.1 Å². The lowest BCUT2D eigenvalue weighted by atomic mass is 10.1. The molecule has 0 bridgehead atoms. The molecule has 0 atom stereocenters. The number of rotatable bonds is 7. The van der Waals surface area contributed by atoms with Crippen LogP contribution in [0.15, 0.2) is 28.7 Å². The van der Waals surface area contributed by atoms with Crippen molar-refractivity contribution in [2.75, 3.05) is 34.2 Å². The number of hydrogen-bond donors (Lipinski definition) is 1. The minimum absolute atomic E-state index is 0.454. The summed E-state index contributed by atoms with van der Waals surface area (Å²) in [5.74, 6) is 0.908. The molecule has 0 amide bonds. The van der Waals surface area contributed by atoms with Crippen molar-refractivity contribution in [3.8, 4) is 0 Å². The van der Waals surface area contributed by atoms with Crippen LogP contribution in [-0.4, -0.2) is 44.0 Å². The van der Waals surface area contributed by atoms with Crippen LogP contribution in [0.2, 0.25) is 0 Å². The van der Waals surface area contributed by atoms with E-state index in [9.17, 15) is 0 Å². The molecule has 0 aliphatic heterocycles. The Balaban J connectivity index is 2.08. The summed E-state index contributed by atoms with van der Waals surface area (Å²) in [5.41, 5.74) is 7.98. The molecular formula is C16H25N3O. The highest BCUT2D eigenvalue weighted by molar-refractivity contribution is 5.82. The largest absolute Gasteiger partial charge is 0.459 e. The molecule has 1 heterocycles. The van der Waals surface area contributed by atoms with E-state index in [2.05, 4.69) is 37.0 Å². The monoisotopic (exact) mass is 275 g/mol. The first-order chi connectivity index (χ1) is 9.61. The molecule has 0 saturated carbocycles. The molecule has 0 fully saturated rings. The van der Waals surface area contributed by atoms with Crippen molar-refractivity contribution in [1.29, 1.82) is 0 Å². The number of para-hydroxylation sites is 1. The third kappa shape index (κ3) is 3.60. The van der Waals surface area contributed by atoms with Gasteiger partial charge in [-0.15, -0.1) is 0 Å². The second kappa shape index (κ2) is 6.88. The highest BCUT2D eigenvalue weighted by Crippen LogP contribution is 2.26. The fourth-order valence-electron chi connectivity index (χ4n) is 2.49. The minimum atomic E-state index is 0.454. The van der Waals surface area contributed by atoms with E-state index in [1.165, 1.54) is 10.9 Å². The molecule has 2 N–H and O–H groups in total. The Morgan fingerprint density at radius 2 is 1.85 bits per heavy atom. The summed E-state index contributed by atoms with van der Waals surface area (Å²) in [6.07, 6.45) is 1.16. The molecule has 20 heavy (non-hydrogen) atoms.